The van der Waals surface area contributed by atoms with Crippen molar-refractivity contribution in [3.05, 3.63) is 51.4 Å². The van der Waals surface area contributed by atoms with Crippen molar-refractivity contribution in [2.75, 3.05) is 27.0 Å². The normalized spacial score (nSPS) is 14.3. The lowest BCUT2D eigenvalue weighted by molar-refractivity contribution is -0.145. The summed E-state index contributed by atoms with van der Waals surface area (Å²) in [5.41, 5.74) is 1.22. The van der Waals surface area contributed by atoms with Gasteiger partial charge in [-0.25, -0.2) is 0 Å². The Labute approximate surface area is 202 Å². The number of methoxy groups -OCH3 is 1. The van der Waals surface area contributed by atoms with Crippen LogP contribution in [-0.2, 0) is 29.1 Å². The van der Waals surface area contributed by atoms with Crippen LogP contribution < -0.4 is 25.1 Å². The van der Waals surface area contributed by atoms with Gasteiger partial charge < -0.3 is 29.0 Å². The molecular formula is C25H29N3O7. The summed E-state index contributed by atoms with van der Waals surface area (Å²) in [7, 11) is 1.40. The molecule has 10 heteroatoms. The summed E-state index contributed by atoms with van der Waals surface area (Å²) in [4.78, 5) is 52.5. The van der Waals surface area contributed by atoms with Gasteiger partial charge in [-0.05, 0) is 23.6 Å². The first-order valence-electron chi connectivity index (χ1n) is 11.6. The van der Waals surface area contributed by atoms with Gasteiger partial charge in [-0.1, -0.05) is 19.9 Å². The van der Waals surface area contributed by atoms with Crippen molar-refractivity contribution in [1.82, 2.24) is 14.8 Å². The molecule has 1 aromatic carbocycles. The number of Topliss-reactive ketones (excluding diaryl/α,β-unsaturated/α-hetero) is 1. The van der Waals surface area contributed by atoms with E-state index in [0.717, 1.165) is 5.56 Å². The van der Waals surface area contributed by atoms with E-state index in [1.165, 1.54) is 22.6 Å². The standard InChI is InChI=1S/C25H29N3O7/c1-15(2)10-18(29)25(32)27-7-6-17-23(21(33-3)12-22(30)28(17)9-8-27)24(31)26-13-16-4-5-19-20(11-16)35-14-34-19/h4-5,11-12,15H,6-10,13-14H2,1-3H3,(H,26,31). The van der Waals surface area contributed by atoms with Crippen LogP contribution in [0, 0.1) is 5.92 Å². The Hall–Kier alpha value is -3.82. The average molecular weight is 484 g/mol. The van der Waals surface area contributed by atoms with Crippen LogP contribution in [-0.4, -0.2) is 54.1 Å². The molecule has 35 heavy (non-hydrogen) atoms. The van der Waals surface area contributed by atoms with Crippen LogP contribution in [0.25, 0.3) is 0 Å². The second-order valence-corrected chi connectivity index (χ2v) is 8.96. The van der Waals surface area contributed by atoms with Crippen LogP contribution in [0.4, 0.5) is 0 Å². The van der Waals surface area contributed by atoms with Gasteiger partial charge in [0.15, 0.2) is 11.5 Å². The molecule has 1 aromatic heterocycles. The number of rotatable bonds is 7. The molecule has 0 atom stereocenters. The van der Waals surface area contributed by atoms with Gasteiger partial charge >= 0.3 is 0 Å². The second-order valence-electron chi connectivity index (χ2n) is 8.96. The van der Waals surface area contributed by atoms with Crippen LogP contribution in [0.2, 0.25) is 0 Å². The summed E-state index contributed by atoms with van der Waals surface area (Å²) in [6.07, 6.45) is 0.406. The molecule has 10 nitrogen and oxygen atoms in total. The molecule has 0 spiro atoms. The lowest BCUT2D eigenvalue weighted by Crippen LogP contribution is -2.39. The molecule has 2 aromatic rings. The molecule has 3 heterocycles. The van der Waals surface area contributed by atoms with Crippen molar-refractivity contribution in [2.24, 2.45) is 5.92 Å². The predicted molar refractivity (Wildman–Crippen MR) is 126 cm³/mol. The third kappa shape index (κ3) is 5.16. The predicted octanol–water partition coefficient (Wildman–Crippen LogP) is 1.52. The number of aromatic nitrogens is 1. The van der Waals surface area contributed by atoms with Crippen molar-refractivity contribution >= 4 is 17.6 Å². The van der Waals surface area contributed by atoms with Gasteiger partial charge in [-0.3, -0.25) is 19.2 Å². The third-order valence-electron chi connectivity index (χ3n) is 6.05. The molecule has 0 bridgehead atoms. The maximum atomic E-state index is 13.3. The van der Waals surface area contributed by atoms with Gasteiger partial charge in [0.25, 0.3) is 17.4 Å². The average Bonchev–Trinajstić information content (AvgIpc) is 3.18. The number of carbonyl (C=O) groups is 3. The van der Waals surface area contributed by atoms with Crippen LogP contribution in [0.5, 0.6) is 17.2 Å². The lowest BCUT2D eigenvalue weighted by atomic mass is 10.1. The highest BCUT2D eigenvalue weighted by Crippen LogP contribution is 2.32. The summed E-state index contributed by atoms with van der Waals surface area (Å²) >= 11 is 0. The van der Waals surface area contributed by atoms with Crippen molar-refractivity contribution in [1.29, 1.82) is 0 Å². The Balaban J connectivity index is 1.55. The summed E-state index contributed by atoms with van der Waals surface area (Å²) in [6.45, 7) is 4.76. The first-order chi connectivity index (χ1) is 16.8. The van der Waals surface area contributed by atoms with Crippen LogP contribution in [0.15, 0.2) is 29.1 Å². The molecule has 2 aliphatic rings. The third-order valence-corrected chi connectivity index (χ3v) is 6.05. The lowest BCUT2D eigenvalue weighted by Gasteiger charge is -2.19. The van der Waals surface area contributed by atoms with Gasteiger partial charge in [0.1, 0.15) is 11.3 Å². The highest BCUT2D eigenvalue weighted by atomic mass is 16.7. The van der Waals surface area contributed by atoms with Gasteiger partial charge in [-0.15, -0.1) is 0 Å². The number of ketones is 1. The molecule has 0 fully saturated rings. The molecule has 4 rings (SSSR count). The number of nitrogens with zero attached hydrogens (tertiary/aromatic N) is 2. The van der Waals surface area contributed by atoms with E-state index >= 15 is 0 Å². The number of carbonyl (C=O) groups excluding carboxylic acids is 3. The summed E-state index contributed by atoms with van der Waals surface area (Å²) in [5.74, 6) is 0.103. The van der Waals surface area contributed by atoms with Gasteiger partial charge in [-0.2, -0.15) is 0 Å². The van der Waals surface area contributed by atoms with Crippen molar-refractivity contribution in [2.45, 2.75) is 39.8 Å². The van der Waals surface area contributed by atoms with Crippen LogP contribution >= 0.6 is 0 Å². The number of ether oxygens (including phenoxy) is 3. The molecule has 0 saturated carbocycles. The monoisotopic (exact) mass is 483 g/mol. The quantitative estimate of drug-likeness (QED) is 0.594. The topological polar surface area (TPSA) is 116 Å². The van der Waals surface area contributed by atoms with E-state index in [-0.39, 0.29) is 68.6 Å². The maximum absolute atomic E-state index is 13.3. The van der Waals surface area contributed by atoms with Crippen LogP contribution in [0.1, 0.15) is 41.9 Å². The van der Waals surface area contributed by atoms with Gasteiger partial charge in [0.2, 0.25) is 12.6 Å². The molecule has 2 aliphatic heterocycles. The number of benzene rings is 1. The van der Waals surface area contributed by atoms with Gasteiger partial charge in [0, 0.05) is 50.8 Å². The fourth-order valence-corrected chi connectivity index (χ4v) is 4.31. The maximum Gasteiger partial charge on any atom is 0.290 e. The number of pyridine rings is 1. The van der Waals surface area contributed by atoms with Crippen molar-refractivity contribution < 1.29 is 28.6 Å². The van der Waals surface area contributed by atoms with E-state index in [2.05, 4.69) is 5.32 Å². The highest BCUT2D eigenvalue weighted by Gasteiger charge is 2.29. The second kappa shape index (κ2) is 10.2. The van der Waals surface area contributed by atoms with E-state index < -0.39 is 17.6 Å². The molecule has 0 aliphatic carbocycles. The van der Waals surface area contributed by atoms with E-state index in [1.807, 2.05) is 19.9 Å². The fraction of sp³-hybridized carbons (Fsp3) is 0.440. The van der Waals surface area contributed by atoms with Gasteiger partial charge in [0.05, 0.1) is 7.11 Å². The van der Waals surface area contributed by atoms with E-state index in [9.17, 15) is 19.2 Å². The number of amides is 2. The Morgan fingerprint density at radius 1 is 1.09 bits per heavy atom. The van der Waals surface area contributed by atoms with E-state index in [1.54, 1.807) is 12.1 Å². The molecular weight excluding hydrogens is 454 g/mol. The van der Waals surface area contributed by atoms with Crippen LogP contribution in [0.3, 0.4) is 0 Å². The minimum Gasteiger partial charge on any atom is -0.496 e. The van der Waals surface area contributed by atoms with Crippen molar-refractivity contribution in [3.8, 4) is 17.2 Å². The number of hydrogen-bond donors (Lipinski definition) is 1. The fourth-order valence-electron chi connectivity index (χ4n) is 4.31. The minimum atomic E-state index is -0.555. The largest absolute Gasteiger partial charge is 0.496 e. The van der Waals surface area contributed by atoms with E-state index in [4.69, 9.17) is 14.2 Å². The number of nitrogens with one attached hydrogen (secondary N) is 1. The molecule has 1 N–H and O–H groups in total. The Kier molecular flexibility index (Phi) is 7.09. The zero-order valence-electron chi connectivity index (χ0n) is 20.1. The first-order valence-corrected chi connectivity index (χ1v) is 11.6. The zero-order valence-corrected chi connectivity index (χ0v) is 20.1. The summed E-state index contributed by atoms with van der Waals surface area (Å²) < 4.78 is 17.6. The minimum absolute atomic E-state index is 0.0718. The molecule has 0 radical (unpaired) electrons. The number of hydrogen-bond acceptors (Lipinski definition) is 7. The Morgan fingerprint density at radius 2 is 1.86 bits per heavy atom. The molecule has 2 amide bonds. The SMILES string of the molecule is COc1cc(=O)n2c(c1C(=O)NCc1ccc3c(c1)OCO3)CCN(C(=O)C(=O)CC(C)C)CC2. The summed E-state index contributed by atoms with van der Waals surface area (Å²) in [6, 6.07) is 6.69. The zero-order chi connectivity index (χ0) is 25.1. The summed E-state index contributed by atoms with van der Waals surface area (Å²) in [5, 5.41) is 2.88. The smallest absolute Gasteiger partial charge is 0.290 e. The highest BCUT2D eigenvalue weighted by molar-refractivity contribution is 6.36. The Bertz CT molecular complexity index is 1220. The Morgan fingerprint density at radius 3 is 2.60 bits per heavy atom. The van der Waals surface area contributed by atoms with Crippen molar-refractivity contribution in [3.63, 3.8) is 0 Å². The molecule has 0 saturated heterocycles. The van der Waals surface area contributed by atoms with E-state index in [0.29, 0.717) is 17.2 Å². The molecule has 186 valence electrons. The number of fused-ring (bicyclic) bond motifs is 2. The first kappa shape index (κ1) is 24.3. The molecule has 0 unspecified atom stereocenters.